The van der Waals surface area contributed by atoms with Crippen LogP contribution in [-0.2, 0) is 0 Å². The number of halogens is 2. The van der Waals surface area contributed by atoms with Crippen molar-refractivity contribution in [1.29, 1.82) is 5.26 Å². The van der Waals surface area contributed by atoms with Gasteiger partial charge in [-0.1, -0.05) is 30.3 Å². The van der Waals surface area contributed by atoms with Gasteiger partial charge in [-0.3, -0.25) is 4.98 Å². The van der Waals surface area contributed by atoms with Crippen molar-refractivity contribution in [2.75, 3.05) is 0 Å². The maximum Gasteiger partial charge on any atom is 0.429 e. The summed E-state index contributed by atoms with van der Waals surface area (Å²) in [7, 11) is 0. The zero-order valence-electron chi connectivity index (χ0n) is 14.6. The van der Waals surface area contributed by atoms with Crippen molar-refractivity contribution < 1.29 is 13.4 Å². The molecule has 6 heteroatoms. The van der Waals surface area contributed by atoms with Gasteiger partial charge in [-0.2, -0.15) is 5.26 Å². The number of nitriles is 1. The van der Waals surface area contributed by atoms with Gasteiger partial charge in [0.15, 0.2) is 0 Å². The quantitative estimate of drug-likeness (QED) is 0.516. The Morgan fingerprint density at radius 1 is 0.929 bits per heavy atom. The summed E-state index contributed by atoms with van der Waals surface area (Å²) in [5.41, 5.74) is 1.60. The molecule has 0 saturated heterocycles. The van der Waals surface area contributed by atoms with Gasteiger partial charge < -0.3 is 4.65 Å². The summed E-state index contributed by atoms with van der Waals surface area (Å²) >= 11 is 0. The molecule has 0 spiro atoms. The van der Waals surface area contributed by atoms with Crippen LogP contribution in [0.1, 0.15) is 5.56 Å². The fourth-order valence-corrected chi connectivity index (χ4v) is 3.10. The molecule has 3 nitrogen and oxygen atoms in total. The van der Waals surface area contributed by atoms with Crippen molar-refractivity contribution in [3.05, 3.63) is 96.2 Å². The van der Waals surface area contributed by atoms with Crippen LogP contribution in [0.3, 0.4) is 0 Å². The van der Waals surface area contributed by atoms with Gasteiger partial charge in [0.1, 0.15) is 22.9 Å². The van der Waals surface area contributed by atoms with E-state index in [1.165, 1.54) is 0 Å². The Morgan fingerprint density at radius 2 is 1.75 bits per heavy atom. The fourth-order valence-electron chi connectivity index (χ4n) is 3.10. The van der Waals surface area contributed by atoms with E-state index in [4.69, 9.17) is 4.65 Å². The molecule has 0 aliphatic carbocycles. The fraction of sp³-hybridized carbons (Fsp3) is 0. The molecule has 4 aromatic rings. The molecule has 0 N–H and O–H groups in total. The topological polar surface area (TPSA) is 45.9 Å². The van der Waals surface area contributed by atoms with E-state index in [0.717, 1.165) is 23.6 Å². The van der Waals surface area contributed by atoms with Crippen molar-refractivity contribution in [3.8, 4) is 11.8 Å². The van der Waals surface area contributed by atoms with Crippen LogP contribution < -0.4 is 15.6 Å². The lowest BCUT2D eigenvalue weighted by molar-refractivity contribution is 0.581. The molecule has 0 unspecified atom stereocenters. The minimum absolute atomic E-state index is 0.0445. The number of nitrogens with zero attached hydrogens (tertiary/aromatic N) is 2. The van der Waals surface area contributed by atoms with Crippen LogP contribution in [-0.4, -0.2) is 11.9 Å². The average Bonchev–Trinajstić information content (AvgIpc) is 2.74. The highest BCUT2D eigenvalue weighted by Gasteiger charge is 2.28. The number of pyridine rings is 1. The van der Waals surface area contributed by atoms with E-state index < -0.39 is 18.6 Å². The molecule has 0 amide bonds. The summed E-state index contributed by atoms with van der Waals surface area (Å²) in [6, 6.07) is 21.1. The van der Waals surface area contributed by atoms with Gasteiger partial charge in [-0.15, -0.1) is 0 Å². The van der Waals surface area contributed by atoms with Crippen LogP contribution in [0.2, 0.25) is 0 Å². The Hall–Kier alpha value is -3.72. The van der Waals surface area contributed by atoms with Crippen LogP contribution in [0.5, 0.6) is 5.75 Å². The van der Waals surface area contributed by atoms with Crippen LogP contribution in [0.25, 0.3) is 10.9 Å². The number of hydrogen-bond acceptors (Lipinski definition) is 3. The Labute approximate surface area is 161 Å². The molecular weight excluding hydrogens is 357 g/mol. The average molecular weight is 370 g/mol. The standard InChI is InChI=1S/C22H13BF2N2O/c24-18-9-10-20(25)19(13-18)23(17-7-1-4-15(12-17)14-26)28-21-8-2-5-16-6-3-11-27-22(16)21/h1-13H. The molecule has 0 fully saturated rings. The van der Waals surface area contributed by atoms with E-state index >= 15 is 0 Å². The Kier molecular flexibility index (Phi) is 4.73. The van der Waals surface area contributed by atoms with Crippen molar-refractivity contribution in [3.63, 3.8) is 0 Å². The van der Waals surface area contributed by atoms with E-state index in [9.17, 15) is 14.0 Å². The van der Waals surface area contributed by atoms with Gasteiger partial charge in [0.05, 0.1) is 11.6 Å². The summed E-state index contributed by atoms with van der Waals surface area (Å²) in [5, 5.41) is 10.1. The van der Waals surface area contributed by atoms with Gasteiger partial charge in [0.25, 0.3) is 0 Å². The first kappa shape index (κ1) is 17.7. The Bertz CT molecular complexity index is 1200. The van der Waals surface area contributed by atoms with Crippen molar-refractivity contribution in [1.82, 2.24) is 4.98 Å². The number of rotatable bonds is 4. The molecule has 0 atom stereocenters. The lowest BCUT2D eigenvalue weighted by atomic mass is 9.55. The first-order valence-electron chi connectivity index (χ1n) is 8.61. The third-order valence-electron chi connectivity index (χ3n) is 4.40. The number of hydrogen-bond donors (Lipinski definition) is 0. The molecule has 0 aliphatic heterocycles. The zero-order valence-corrected chi connectivity index (χ0v) is 14.6. The number of fused-ring (bicyclic) bond motifs is 1. The summed E-state index contributed by atoms with van der Waals surface area (Å²) in [4.78, 5) is 4.35. The van der Waals surface area contributed by atoms with Crippen LogP contribution in [0, 0.1) is 23.0 Å². The summed E-state index contributed by atoms with van der Waals surface area (Å²) < 4.78 is 34.6. The lowest BCUT2D eigenvalue weighted by Crippen LogP contribution is -2.49. The van der Waals surface area contributed by atoms with Gasteiger partial charge in [0, 0.05) is 17.0 Å². The Morgan fingerprint density at radius 3 is 2.61 bits per heavy atom. The second kappa shape index (κ2) is 7.49. The predicted molar refractivity (Wildman–Crippen MR) is 105 cm³/mol. The first-order valence-corrected chi connectivity index (χ1v) is 8.61. The maximum absolute atomic E-state index is 14.6. The molecule has 1 aromatic heterocycles. The molecule has 0 radical (unpaired) electrons. The highest BCUT2D eigenvalue weighted by atomic mass is 19.1. The molecule has 28 heavy (non-hydrogen) atoms. The Balaban J connectivity index is 1.87. The van der Waals surface area contributed by atoms with Crippen molar-refractivity contribution in [2.24, 2.45) is 0 Å². The van der Waals surface area contributed by atoms with E-state index in [1.807, 2.05) is 24.3 Å². The summed E-state index contributed by atoms with van der Waals surface area (Å²) in [6.45, 7) is -0.948. The minimum Gasteiger partial charge on any atom is -0.550 e. The zero-order chi connectivity index (χ0) is 19.5. The van der Waals surface area contributed by atoms with Crippen molar-refractivity contribution in [2.45, 2.75) is 0 Å². The van der Waals surface area contributed by atoms with Gasteiger partial charge in [0.2, 0.25) is 0 Å². The van der Waals surface area contributed by atoms with E-state index in [0.29, 0.717) is 22.3 Å². The van der Waals surface area contributed by atoms with E-state index in [-0.39, 0.29) is 5.46 Å². The summed E-state index contributed by atoms with van der Waals surface area (Å²) in [6.07, 6.45) is 1.64. The van der Waals surface area contributed by atoms with E-state index in [2.05, 4.69) is 11.1 Å². The second-order valence-corrected chi connectivity index (χ2v) is 6.23. The third-order valence-corrected chi connectivity index (χ3v) is 4.40. The molecule has 134 valence electrons. The lowest BCUT2D eigenvalue weighted by Gasteiger charge is -2.18. The molecule has 4 rings (SSSR count). The van der Waals surface area contributed by atoms with Crippen LogP contribution >= 0.6 is 0 Å². The monoisotopic (exact) mass is 370 g/mol. The number of aromatic nitrogens is 1. The van der Waals surface area contributed by atoms with Gasteiger partial charge in [-0.05, 0) is 47.9 Å². The maximum atomic E-state index is 14.6. The highest BCUT2D eigenvalue weighted by molar-refractivity contribution is 6.80. The second-order valence-electron chi connectivity index (χ2n) is 6.23. The number of benzene rings is 3. The normalized spacial score (nSPS) is 10.5. The molecule has 0 bridgehead atoms. The van der Waals surface area contributed by atoms with Crippen LogP contribution in [0.4, 0.5) is 8.78 Å². The smallest absolute Gasteiger partial charge is 0.429 e. The van der Waals surface area contributed by atoms with Crippen molar-refractivity contribution >= 4 is 28.7 Å². The van der Waals surface area contributed by atoms with Gasteiger partial charge in [-0.25, -0.2) is 8.78 Å². The minimum atomic E-state index is -0.948. The predicted octanol–water partition coefficient (Wildman–Crippen LogP) is 3.57. The van der Waals surface area contributed by atoms with Gasteiger partial charge >= 0.3 is 6.92 Å². The molecule has 0 aliphatic rings. The third kappa shape index (κ3) is 3.43. The first-order chi connectivity index (χ1) is 13.7. The van der Waals surface area contributed by atoms with Crippen LogP contribution in [0.15, 0.2) is 79.0 Å². The highest BCUT2D eigenvalue weighted by Crippen LogP contribution is 2.23. The SMILES string of the molecule is N#Cc1cccc(B(Oc2cccc3cccnc23)c2cc(F)ccc2F)c1. The molecular formula is C22H13BF2N2O. The van der Waals surface area contributed by atoms with E-state index in [1.54, 1.807) is 36.5 Å². The molecule has 3 aromatic carbocycles. The molecule has 0 saturated carbocycles. The summed E-state index contributed by atoms with van der Waals surface area (Å²) in [5.74, 6) is -0.728. The largest absolute Gasteiger partial charge is 0.550 e. The molecule has 1 heterocycles. The number of para-hydroxylation sites is 1.